The number of carbonyl (C=O) groups excluding carboxylic acids is 2. The average Bonchev–Trinajstić information content (AvgIpc) is 3.10. The quantitative estimate of drug-likeness (QED) is 0.271. The van der Waals surface area contributed by atoms with Gasteiger partial charge in [0.2, 0.25) is 0 Å². The number of anilines is 2. The van der Waals surface area contributed by atoms with Gasteiger partial charge in [0, 0.05) is 10.7 Å². The summed E-state index contributed by atoms with van der Waals surface area (Å²) in [5, 5.41) is 3.51. The first-order chi connectivity index (χ1) is 17.1. The van der Waals surface area contributed by atoms with E-state index in [9.17, 15) is 9.59 Å². The van der Waals surface area contributed by atoms with Crippen LogP contribution in [0, 0.1) is 27.7 Å². The molecule has 1 fully saturated rings. The number of amides is 2. The van der Waals surface area contributed by atoms with Crippen molar-refractivity contribution >= 4 is 69.2 Å². The summed E-state index contributed by atoms with van der Waals surface area (Å²) in [7, 11) is 0. The van der Waals surface area contributed by atoms with Gasteiger partial charge in [-0.25, -0.2) is 0 Å². The molecule has 4 rings (SSSR count). The van der Waals surface area contributed by atoms with Crippen LogP contribution in [0.4, 0.5) is 11.4 Å². The zero-order chi connectivity index (χ0) is 26.0. The van der Waals surface area contributed by atoms with Gasteiger partial charge in [0.25, 0.3) is 11.8 Å². The van der Waals surface area contributed by atoms with E-state index in [2.05, 4.69) is 5.32 Å². The highest BCUT2D eigenvalue weighted by molar-refractivity contribution is 8.27. The summed E-state index contributed by atoms with van der Waals surface area (Å²) < 4.78 is 6.11. The summed E-state index contributed by atoms with van der Waals surface area (Å²) in [4.78, 5) is 27.4. The van der Waals surface area contributed by atoms with Crippen LogP contribution in [0.2, 0.25) is 5.02 Å². The van der Waals surface area contributed by atoms with Crippen LogP contribution in [0.25, 0.3) is 6.08 Å². The van der Waals surface area contributed by atoms with E-state index in [0.717, 1.165) is 33.5 Å². The van der Waals surface area contributed by atoms with E-state index in [1.165, 1.54) is 16.7 Å². The van der Waals surface area contributed by atoms with Crippen molar-refractivity contribution in [2.24, 2.45) is 0 Å². The molecule has 0 spiro atoms. The molecule has 2 amide bonds. The minimum atomic E-state index is -0.228. The van der Waals surface area contributed by atoms with Gasteiger partial charge in [-0.15, -0.1) is 0 Å². The Hall–Kier alpha value is -3.13. The van der Waals surface area contributed by atoms with Crippen LogP contribution in [0.3, 0.4) is 0 Å². The SMILES string of the molecule is Cc1cc(C)c(NC(=O)COc2ccc(/C=C3\SC(=S)N(c4ccc(C)c(Cl)c4)C3=O)cc2)c(C)c1. The van der Waals surface area contributed by atoms with Crippen LogP contribution >= 0.6 is 35.6 Å². The molecule has 5 nitrogen and oxygen atoms in total. The van der Waals surface area contributed by atoms with E-state index in [-0.39, 0.29) is 18.4 Å². The third-order valence-electron chi connectivity index (χ3n) is 5.70. The largest absolute Gasteiger partial charge is 0.484 e. The maximum Gasteiger partial charge on any atom is 0.270 e. The standard InChI is InChI=1S/C28H25ClN2O3S2/c1-16-11-18(3)26(19(4)12-16)30-25(32)15-34-22-9-6-20(7-10-22)13-24-27(33)31(28(35)36-24)21-8-5-17(2)23(29)14-21/h5-14H,15H2,1-4H3,(H,30,32)/b24-13-. The van der Waals surface area contributed by atoms with Crippen molar-refractivity contribution in [1.82, 2.24) is 0 Å². The van der Waals surface area contributed by atoms with Gasteiger partial charge in [0.1, 0.15) is 5.75 Å². The van der Waals surface area contributed by atoms with Crippen molar-refractivity contribution in [2.75, 3.05) is 16.8 Å². The topological polar surface area (TPSA) is 58.6 Å². The molecule has 0 aromatic heterocycles. The highest BCUT2D eigenvalue weighted by atomic mass is 35.5. The molecule has 184 valence electrons. The van der Waals surface area contributed by atoms with E-state index in [0.29, 0.717) is 25.7 Å². The smallest absolute Gasteiger partial charge is 0.270 e. The second-order valence-corrected chi connectivity index (χ2v) is 10.7. The van der Waals surface area contributed by atoms with Gasteiger partial charge in [0.05, 0.1) is 10.6 Å². The van der Waals surface area contributed by atoms with Crippen LogP contribution in [-0.4, -0.2) is 22.7 Å². The van der Waals surface area contributed by atoms with Crippen LogP contribution in [0.15, 0.2) is 59.5 Å². The van der Waals surface area contributed by atoms with E-state index < -0.39 is 0 Å². The molecule has 0 aliphatic carbocycles. The van der Waals surface area contributed by atoms with Crippen LogP contribution in [0.5, 0.6) is 5.75 Å². The first-order valence-corrected chi connectivity index (χ1v) is 12.9. The van der Waals surface area contributed by atoms with Crippen LogP contribution in [0.1, 0.15) is 27.8 Å². The van der Waals surface area contributed by atoms with Gasteiger partial charge < -0.3 is 10.1 Å². The second kappa shape index (κ2) is 10.9. The lowest BCUT2D eigenvalue weighted by Crippen LogP contribution is -2.27. The number of nitrogens with zero attached hydrogens (tertiary/aromatic N) is 1. The predicted octanol–water partition coefficient (Wildman–Crippen LogP) is 7.00. The molecule has 1 saturated heterocycles. The van der Waals surface area contributed by atoms with E-state index in [4.69, 9.17) is 28.6 Å². The molecule has 1 heterocycles. The van der Waals surface area contributed by atoms with Crippen LogP contribution in [-0.2, 0) is 9.59 Å². The van der Waals surface area contributed by atoms with Crippen LogP contribution < -0.4 is 15.0 Å². The fourth-order valence-electron chi connectivity index (χ4n) is 3.92. The molecule has 0 saturated carbocycles. The molecular formula is C28H25ClN2O3S2. The summed E-state index contributed by atoms with van der Waals surface area (Å²) in [6.07, 6.45) is 1.79. The van der Waals surface area contributed by atoms with E-state index in [1.807, 2.05) is 64.1 Å². The molecule has 0 bridgehead atoms. The lowest BCUT2D eigenvalue weighted by molar-refractivity contribution is -0.118. The number of thioether (sulfide) groups is 1. The highest BCUT2D eigenvalue weighted by Gasteiger charge is 2.33. The Labute approximate surface area is 225 Å². The van der Waals surface area contributed by atoms with Gasteiger partial charge in [-0.1, -0.05) is 71.5 Å². The van der Waals surface area contributed by atoms with Crippen molar-refractivity contribution in [1.29, 1.82) is 0 Å². The molecule has 1 N–H and O–H groups in total. The number of nitrogens with one attached hydrogen (secondary N) is 1. The number of halogens is 1. The van der Waals surface area contributed by atoms with Gasteiger partial charge in [-0.2, -0.15) is 0 Å². The number of benzene rings is 3. The van der Waals surface area contributed by atoms with E-state index in [1.54, 1.807) is 24.3 Å². The van der Waals surface area contributed by atoms with Crippen molar-refractivity contribution in [2.45, 2.75) is 27.7 Å². The molecule has 0 atom stereocenters. The second-order valence-electron chi connectivity index (χ2n) is 8.63. The summed E-state index contributed by atoms with van der Waals surface area (Å²) in [6.45, 7) is 7.77. The minimum Gasteiger partial charge on any atom is -0.484 e. The minimum absolute atomic E-state index is 0.107. The van der Waals surface area contributed by atoms with Crippen molar-refractivity contribution in [3.8, 4) is 5.75 Å². The third-order valence-corrected chi connectivity index (χ3v) is 7.41. The summed E-state index contributed by atoms with van der Waals surface area (Å²) in [6, 6.07) is 16.7. The Bertz CT molecular complexity index is 1380. The van der Waals surface area contributed by atoms with Crippen molar-refractivity contribution in [3.05, 3.63) is 92.3 Å². The Morgan fingerprint density at radius 1 is 1.03 bits per heavy atom. The lowest BCUT2D eigenvalue weighted by atomic mass is 10.1. The Morgan fingerprint density at radius 3 is 2.33 bits per heavy atom. The maximum absolute atomic E-state index is 13.0. The lowest BCUT2D eigenvalue weighted by Gasteiger charge is -2.15. The first-order valence-electron chi connectivity index (χ1n) is 11.3. The zero-order valence-electron chi connectivity index (χ0n) is 20.3. The number of rotatable bonds is 6. The maximum atomic E-state index is 13.0. The molecule has 1 aliphatic heterocycles. The molecule has 0 radical (unpaired) electrons. The summed E-state index contributed by atoms with van der Waals surface area (Å²) in [5.74, 6) is 0.138. The Balaban J connectivity index is 1.39. The monoisotopic (exact) mass is 536 g/mol. The third kappa shape index (κ3) is 5.81. The number of hydrogen-bond donors (Lipinski definition) is 1. The normalized spacial score (nSPS) is 14.5. The summed E-state index contributed by atoms with van der Waals surface area (Å²) >= 11 is 12.9. The van der Waals surface area contributed by atoms with Gasteiger partial charge in [0.15, 0.2) is 10.9 Å². The predicted molar refractivity (Wildman–Crippen MR) is 153 cm³/mol. The molecule has 36 heavy (non-hydrogen) atoms. The number of thiocarbonyl (C=S) groups is 1. The molecule has 0 unspecified atom stereocenters. The van der Waals surface area contributed by atoms with E-state index >= 15 is 0 Å². The average molecular weight is 537 g/mol. The molecular weight excluding hydrogens is 512 g/mol. The van der Waals surface area contributed by atoms with Gasteiger partial charge in [-0.05, 0) is 80.3 Å². The molecule has 3 aromatic carbocycles. The van der Waals surface area contributed by atoms with Crippen molar-refractivity contribution in [3.63, 3.8) is 0 Å². The first kappa shape index (κ1) is 25.9. The Kier molecular flexibility index (Phi) is 7.83. The highest BCUT2D eigenvalue weighted by Crippen LogP contribution is 2.37. The van der Waals surface area contributed by atoms with Gasteiger partial charge in [-0.3, -0.25) is 14.5 Å². The number of ether oxygens (including phenoxy) is 1. The fraction of sp³-hybridized carbons (Fsp3) is 0.179. The number of carbonyl (C=O) groups is 2. The van der Waals surface area contributed by atoms with Crippen molar-refractivity contribution < 1.29 is 14.3 Å². The zero-order valence-corrected chi connectivity index (χ0v) is 22.7. The molecule has 3 aromatic rings. The summed E-state index contributed by atoms with van der Waals surface area (Å²) in [5.41, 5.74) is 6.40. The Morgan fingerprint density at radius 2 is 1.69 bits per heavy atom. The molecule has 8 heteroatoms. The number of aryl methyl sites for hydroxylation is 4. The van der Waals surface area contributed by atoms with Gasteiger partial charge >= 0.3 is 0 Å². The molecule has 1 aliphatic rings. The number of hydrogen-bond acceptors (Lipinski definition) is 5. The fourth-order valence-corrected chi connectivity index (χ4v) is 5.40.